The molecule has 0 spiro atoms. The molecular formula is C15H15F2N3O2. The molecule has 0 saturated carbocycles. The van der Waals surface area contributed by atoms with Gasteiger partial charge in [0.05, 0.1) is 23.5 Å². The highest BCUT2D eigenvalue weighted by molar-refractivity contribution is 5.74. The highest BCUT2D eigenvalue weighted by Crippen LogP contribution is 2.31. The minimum atomic E-state index is -2.97. The van der Waals surface area contributed by atoms with Gasteiger partial charge < -0.3 is 5.11 Å². The van der Waals surface area contributed by atoms with Crippen LogP contribution in [0.5, 0.6) is 0 Å². The number of benzene rings is 1. The summed E-state index contributed by atoms with van der Waals surface area (Å²) in [6, 6.07) is 5.39. The molecule has 22 heavy (non-hydrogen) atoms. The average Bonchev–Trinajstić information content (AvgIpc) is 2.45. The molecule has 2 heterocycles. The molecule has 1 saturated heterocycles. The minimum Gasteiger partial charge on any atom is -0.481 e. The third kappa shape index (κ3) is 3.19. The second-order valence-corrected chi connectivity index (χ2v) is 5.64. The van der Waals surface area contributed by atoms with E-state index >= 15 is 0 Å². The molecule has 3 rings (SSSR count). The molecule has 116 valence electrons. The van der Waals surface area contributed by atoms with Crippen LogP contribution in [0, 0.1) is 5.92 Å². The van der Waals surface area contributed by atoms with Crippen LogP contribution in [0.15, 0.2) is 30.6 Å². The number of alkyl halides is 2. The van der Waals surface area contributed by atoms with Gasteiger partial charge in [0, 0.05) is 31.9 Å². The number of rotatable bonds is 3. The van der Waals surface area contributed by atoms with Gasteiger partial charge in [-0.1, -0.05) is 6.07 Å². The van der Waals surface area contributed by atoms with Crippen molar-refractivity contribution in [3.63, 3.8) is 0 Å². The summed E-state index contributed by atoms with van der Waals surface area (Å²) in [5.74, 6) is -5.18. The van der Waals surface area contributed by atoms with Crippen molar-refractivity contribution >= 4 is 17.0 Å². The van der Waals surface area contributed by atoms with E-state index in [0.717, 1.165) is 11.1 Å². The van der Waals surface area contributed by atoms with Gasteiger partial charge in [0.2, 0.25) is 0 Å². The standard InChI is InChI=1S/C15H15F2N3O2/c16-15(17)6-11(14(21)22)8-20(9-15)7-10-1-2-12-13(5-10)19-4-3-18-12/h1-5,11H,6-9H2,(H,21,22). The van der Waals surface area contributed by atoms with Crippen molar-refractivity contribution in [2.75, 3.05) is 13.1 Å². The molecule has 1 aliphatic rings. The monoisotopic (exact) mass is 307 g/mol. The Balaban J connectivity index is 1.79. The van der Waals surface area contributed by atoms with Gasteiger partial charge in [0.15, 0.2) is 0 Å². The largest absolute Gasteiger partial charge is 0.481 e. The first-order chi connectivity index (χ1) is 10.4. The summed E-state index contributed by atoms with van der Waals surface area (Å²) in [6.45, 7) is -0.0232. The Morgan fingerprint density at radius 3 is 2.77 bits per heavy atom. The van der Waals surface area contributed by atoms with Crippen LogP contribution in [0.3, 0.4) is 0 Å². The Hall–Kier alpha value is -2.15. The molecular weight excluding hydrogens is 292 g/mol. The lowest BCUT2D eigenvalue weighted by Gasteiger charge is -2.35. The summed E-state index contributed by atoms with van der Waals surface area (Å²) in [6.07, 6.45) is 2.56. The number of likely N-dealkylation sites (tertiary alicyclic amines) is 1. The van der Waals surface area contributed by atoms with Crippen molar-refractivity contribution in [3.05, 3.63) is 36.2 Å². The maximum absolute atomic E-state index is 13.7. The molecule has 1 aromatic carbocycles. The van der Waals surface area contributed by atoms with Crippen molar-refractivity contribution in [1.82, 2.24) is 14.9 Å². The van der Waals surface area contributed by atoms with Crippen LogP contribution in [-0.4, -0.2) is 45.0 Å². The van der Waals surface area contributed by atoms with Crippen LogP contribution in [-0.2, 0) is 11.3 Å². The number of carboxylic acids is 1. The molecule has 1 N–H and O–H groups in total. The first-order valence-corrected chi connectivity index (χ1v) is 6.96. The maximum Gasteiger partial charge on any atom is 0.308 e. The van der Waals surface area contributed by atoms with Crippen molar-refractivity contribution < 1.29 is 18.7 Å². The van der Waals surface area contributed by atoms with E-state index in [1.54, 1.807) is 30.6 Å². The number of piperidine rings is 1. The fourth-order valence-corrected chi connectivity index (χ4v) is 2.84. The molecule has 5 nitrogen and oxygen atoms in total. The lowest BCUT2D eigenvalue weighted by Crippen LogP contribution is -2.48. The molecule has 7 heteroatoms. The second-order valence-electron chi connectivity index (χ2n) is 5.64. The van der Waals surface area contributed by atoms with Crippen LogP contribution < -0.4 is 0 Å². The Kier molecular flexibility index (Phi) is 3.74. The third-order valence-electron chi connectivity index (χ3n) is 3.77. The molecule has 1 atom stereocenters. The number of aliphatic carboxylic acids is 1. The number of hydrogen-bond acceptors (Lipinski definition) is 4. The van der Waals surface area contributed by atoms with Gasteiger partial charge >= 0.3 is 5.97 Å². The van der Waals surface area contributed by atoms with Gasteiger partial charge in [-0.2, -0.15) is 0 Å². The summed E-state index contributed by atoms with van der Waals surface area (Å²) in [7, 11) is 0. The highest BCUT2D eigenvalue weighted by Gasteiger charge is 2.42. The Labute approximate surface area is 125 Å². The van der Waals surface area contributed by atoms with Crippen molar-refractivity contribution in [3.8, 4) is 0 Å². The molecule has 1 fully saturated rings. The van der Waals surface area contributed by atoms with Gasteiger partial charge in [-0.3, -0.25) is 19.7 Å². The second kappa shape index (κ2) is 5.57. The topological polar surface area (TPSA) is 66.3 Å². The highest BCUT2D eigenvalue weighted by atomic mass is 19.3. The van der Waals surface area contributed by atoms with Gasteiger partial charge in [-0.15, -0.1) is 0 Å². The lowest BCUT2D eigenvalue weighted by molar-refractivity contribution is -0.153. The fourth-order valence-electron chi connectivity index (χ4n) is 2.84. The summed E-state index contributed by atoms with van der Waals surface area (Å²) in [5.41, 5.74) is 2.24. The third-order valence-corrected chi connectivity index (χ3v) is 3.77. The molecule has 0 amide bonds. The van der Waals surface area contributed by atoms with Crippen LogP contribution in [0.2, 0.25) is 0 Å². The van der Waals surface area contributed by atoms with Crippen LogP contribution in [0.4, 0.5) is 8.78 Å². The van der Waals surface area contributed by atoms with Crippen LogP contribution in [0.1, 0.15) is 12.0 Å². The number of aromatic nitrogens is 2. The number of fused-ring (bicyclic) bond motifs is 1. The van der Waals surface area contributed by atoms with Crippen LogP contribution in [0.25, 0.3) is 11.0 Å². The lowest BCUT2D eigenvalue weighted by atomic mass is 9.95. The number of hydrogen-bond donors (Lipinski definition) is 1. The predicted octanol–water partition coefficient (Wildman–Crippen LogP) is 2.17. The van der Waals surface area contributed by atoms with Crippen molar-refractivity contribution in [2.45, 2.75) is 18.9 Å². The molecule has 1 aromatic heterocycles. The summed E-state index contributed by atoms with van der Waals surface area (Å²) < 4.78 is 27.4. The van der Waals surface area contributed by atoms with E-state index in [0.29, 0.717) is 5.52 Å². The quantitative estimate of drug-likeness (QED) is 0.941. The Morgan fingerprint density at radius 1 is 1.32 bits per heavy atom. The number of halogens is 2. The van der Waals surface area contributed by atoms with E-state index in [2.05, 4.69) is 9.97 Å². The first kappa shape index (κ1) is 14.8. The summed E-state index contributed by atoms with van der Waals surface area (Å²) >= 11 is 0. The maximum atomic E-state index is 13.7. The van der Waals surface area contributed by atoms with E-state index in [4.69, 9.17) is 5.11 Å². The molecule has 1 unspecified atom stereocenters. The molecule has 1 aliphatic heterocycles. The number of nitrogens with zero attached hydrogens (tertiary/aromatic N) is 3. The van der Waals surface area contributed by atoms with Crippen molar-refractivity contribution in [2.24, 2.45) is 5.92 Å². The van der Waals surface area contributed by atoms with E-state index in [-0.39, 0.29) is 13.1 Å². The van der Waals surface area contributed by atoms with Gasteiger partial charge in [-0.05, 0) is 17.7 Å². The van der Waals surface area contributed by atoms with E-state index in [9.17, 15) is 13.6 Å². The van der Waals surface area contributed by atoms with Gasteiger partial charge in [0.1, 0.15) is 0 Å². The average molecular weight is 307 g/mol. The van der Waals surface area contributed by atoms with Crippen LogP contribution >= 0.6 is 0 Å². The van der Waals surface area contributed by atoms with E-state index < -0.39 is 30.8 Å². The normalized spacial score (nSPS) is 21.8. The number of carbonyl (C=O) groups is 1. The van der Waals surface area contributed by atoms with E-state index in [1.165, 1.54) is 4.90 Å². The summed E-state index contributed by atoms with van der Waals surface area (Å²) in [5, 5.41) is 9.02. The zero-order valence-electron chi connectivity index (χ0n) is 11.7. The SMILES string of the molecule is O=C(O)C1CN(Cc2ccc3nccnc3c2)CC(F)(F)C1. The van der Waals surface area contributed by atoms with Crippen molar-refractivity contribution in [1.29, 1.82) is 0 Å². The van der Waals surface area contributed by atoms with Gasteiger partial charge in [-0.25, -0.2) is 8.78 Å². The molecule has 0 bridgehead atoms. The summed E-state index contributed by atoms with van der Waals surface area (Å²) in [4.78, 5) is 20.9. The zero-order valence-corrected chi connectivity index (χ0v) is 11.7. The van der Waals surface area contributed by atoms with Gasteiger partial charge in [0.25, 0.3) is 5.92 Å². The zero-order chi connectivity index (χ0) is 15.7. The molecule has 2 aromatic rings. The number of carboxylic acid groups (broad SMARTS) is 1. The first-order valence-electron chi connectivity index (χ1n) is 6.96. The van der Waals surface area contributed by atoms with E-state index in [1.807, 2.05) is 0 Å². The Bertz CT molecular complexity index is 708. The fraction of sp³-hybridized carbons (Fsp3) is 0.400. The molecule has 0 aliphatic carbocycles. The molecule has 0 radical (unpaired) electrons. The predicted molar refractivity (Wildman–Crippen MR) is 75.5 cm³/mol. The minimum absolute atomic E-state index is 0.128. The smallest absolute Gasteiger partial charge is 0.308 e. The Morgan fingerprint density at radius 2 is 2.05 bits per heavy atom.